The standard InChI is InChI=1S/C17H24N2S/c1-12(2)18-10-16(9-17-11-19-14(4)20-17)15-7-5-13(3)6-8-15/h5-8,11-12,16,18H,9-10H2,1-4H3. The third-order valence-corrected chi connectivity index (χ3v) is 4.37. The van der Waals surface area contributed by atoms with E-state index in [0.717, 1.165) is 18.0 Å². The summed E-state index contributed by atoms with van der Waals surface area (Å²) in [5, 5.41) is 4.72. The fourth-order valence-electron chi connectivity index (χ4n) is 2.27. The Morgan fingerprint density at radius 3 is 2.40 bits per heavy atom. The summed E-state index contributed by atoms with van der Waals surface area (Å²) in [6, 6.07) is 9.45. The maximum Gasteiger partial charge on any atom is 0.0896 e. The predicted octanol–water partition coefficient (Wildman–Crippen LogP) is 4.08. The van der Waals surface area contributed by atoms with Gasteiger partial charge in [0.25, 0.3) is 0 Å². The summed E-state index contributed by atoms with van der Waals surface area (Å²) < 4.78 is 0. The molecule has 1 atom stereocenters. The van der Waals surface area contributed by atoms with Gasteiger partial charge in [0, 0.05) is 29.6 Å². The van der Waals surface area contributed by atoms with Crippen LogP contribution >= 0.6 is 11.3 Å². The van der Waals surface area contributed by atoms with Gasteiger partial charge in [-0.05, 0) is 25.8 Å². The third-order valence-electron chi connectivity index (χ3n) is 3.44. The predicted molar refractivity (Wildman–Crippen MR) is 87.6 cm³/mol. The molecule has 0 aliphatic heterocycles. The Labute approximate surface area is 126 Å². The highest BCUT2D eigenvalue weighted by Crippen LogP contribution is 2.24. The first kappa shape index (κ1) is 15.2. The van der Waals surface area contributed by atoms with Crippen molar-refractivity contribution in [1.29, 1.82) is 0 Å². The quantitative estimate of drug-likeness (QED) is 0.866. The molecule has 3 heteroatoms. The van der Waals surface area contributed by atoms with Gasteiger partial charge in [0.1, 0.15) is 0 Å². The number of aryl methyl sites for hydroxylation is 2. The molecule has 1 aromatic carbocycles. The Balaban J connectivity index is 2.13. The minimum Gasteiger partial charge on any atom is -0.314 e. The normalized spacial score (nSPS) is 12.8. The van der Waals surface area contributed by atoms with Crippen LogP contribution in [0.15, 0.2) is 30.5 Å². The second-order valence-electron chi connectivity index (χ2n) is 5.72. The number of aromatic nitrogens is 1. The average molecular weight is 288 g/mol. The van der Waals surface area contributed by atoms with E-state index in [2.05, 4.69) is 62.3 Å². The van der Waals surface area contributed by atoms with Crippen LogP contribution in [0.25, 0.3) is 0 Å². The second kappa shape index (κ2) is 7.00. The van der Waals surface area contributed by atoms with Crippen molar-refractivity contribution in [3.63, 3.8) is 0 Å². The zero-order valence-corrected chi connectivity index (χ0v) is 13.6. The highest BCUT2D eigenvalue weighted by Gasteiger charge is 2.14. The lowest BCUT2D eigenvalue weighted by Crippen LogP contribution is -2.28. The van der Waals surface area contributed by atoms with Crippen LogP contribution in [0.2, 0.25) is 0 Å². The van der Waals surface area contributed by atoms with Crippen molar-refractivity contribution in [2.24, 2.45) is 0 Å². The molecule has 0 aliphatic carbocycles. The molecule has 0 aliphatic rings. The molecule has 0 spiro atoms. The van der Waals surface area contributed by atoms with Gasteiger partial charge in [0.15, 0.2) is 0 Å². The van der Waals surface area contributed by atoms with Crippen molar-refractivity contribution in [1.82, 2.24) is 10.3 Å². The lowest BCUT2D eigenvalue weighted by Gasteiger charge is -2.19. The van der Waals surface area contributed by atoms with Crippen LogP contribution in [0.3, 0.4) is 0 Å². The fraction of sp³-hybridized carbons (Fsp3) is 0.471. The topological polar surface area (TPSA) is 24.9 Å². The van der Waals surface area contributed by atoms with Crippen LogP contribution < -0.4 is 5.32 Å². The fourth-order valence-corrected chi connectivity index (χ4v) is 3.14. The minimum atomic E-state index is 0.512. The molecule has 1 aromatic heterocycles. The summed E-state index contributed by atoms with van der Waals surface area (Å²) in [4.78, 5) is 5.74. The Hall–Kier alpha value is -1.19. The maximum absolute atomic E-state index is 4.37. The lowest BCUT2D eigenvalue weighted by atomic mass is 9.94. The van der Waals surface area contributed by atoms with Gasteiger partial charge in [-0.3, -0.25) is 0 Å². The van der Waals surface area contributed by atoms with E-state index >= 15 is 0 Å². The molecule has 0 bridgehead atoms. The molecule has 2 aromatic rings. The van der Waals surface area contributed by atoms with Gasteiger partial charge in [-0.2, -0.15) is 0 Å². The molecular weight excluding hydrogens is 264 g/mol. The molecule has 0 amide bonds. The Morgan fingerprint density at radius 1 is 1.15 bits per heavy atom. The molecule has 2 nitrogen and oxygen atoms in total. The number of hydrogen-bond acceptors (Lipinski definition) is 3. The van der Waals surface area contributed by atoms with Crippen LogP contribution in [0, 0.1) is 13.8 Å². The number of nitrogens with zero attached hydrogens (tertiary/aromatic N) is 1. The molecule has 108 valence electrons. The monoisotopic (exact) mass is 288 g/mol. The number of rotatable bonds is 6. The first-order valence-corrected chi connectivity index (χ1v) is 8.07. The van der Waals surface area contributed by atoms with Crippen LogP contribution in [0.4, 0.5) is 0 Å². The van der Waals surface area contributed by atoms with E-state index in [1.807, 2.05) is 17.5 Å². The zero-order valence-electron chi connectivity index (χ0n) is 12.8. The maximum atomic E-state index is 4.37. The van der Waals surface area contributed by atoms with Crippen molar-refractivity contribution >= 4 is 11.3 Å². The molecule has 1 heterocycles. The Morgan fingerprint density at radius 2 is 1.85 bits per heavy atom. The first-order valence-electron chi connectivity index (χ1n) is 7.26. The highest BCUT2D eigenvalue weighted by molar-refractivity contribution is 7.11. The van der Waals surface area contributed by atoms with E-state index < -0.39 is 0 Å². The van der Waals surface area contributed by atoms with E-state index in [4.69, 9.17) is 0 Å². The van der Waals surface area contributed by atoms with Gasteiger partial charge in [-0.1, -0.05) is 43.7 Å². The summed E-state index contributed by atoms with van der Waals surface area (Å²) in [5.74, 6) is 0.512. The summed E-state index contributed by atoms with van der Waals surface area (Å²) >= 11 is 1.81. The van der Waals surface area contributed by atoms with Gasteiger partial charge in [-0.15, -0.1) is 11.3 Å². The van der Waals surface area contributed by atoms with Gasteiger partial charge in [-0.25, -0.2) is 4.98 Å². The van der Waals surface area contributed by atoms with Crippen molar-refractivity contribution in [3.8, 4) is 0 Å². The van der Waals surface area contributed by atoms with Crippen LogP contribution in [0.5, 0.6) is 0 Å². The van der Waals surface area contributed by atoms with Crippen LogP contribution in [0.1, 0.15) is 40.8 Å². The number of hydrogen-bond donors (Lipinski definition) is 1. The van der Waals surface area contributed by atoms with Crippen molar-refractivity contribution in [3.05, 3.63) is 51.5 Å². The first-order chi connectivity index (χ1) is 9.54. The second-order valence-corrected chi connectivity index (χ2v) is 7.04. The van der Waals surface area contributed by atoms with E-state index in [0.29, 0.717) is 12.0 Å². The SMILES string of the molecule is Cc1ccc(C(CNC(C)C)Cc2cnc(C)s2)cc1. The smallest absolute Gasteiger partial charge is 0.0896 e. The van der Waals surface area contributed by atoms with E-state index in [9.17, 15) is 0 Å². The van der Waals surface area contributed by atoms with Crippen molar-refractivity contribution in [2.45, 2.75) is 46.1 Å². The zero-order chi connectivity index (χ0) is 14.5. The number of thiazole rings is 1. The largest absolute Gasteiger partial charge is 0.314 e. The molecule has 20 heavy (non-hydrogen) atoms. The Bertz CT molecular complexity index is 528. The summed E-state index contributed by atoms with van der Waals surface area (Å²) in [6.45, 7) is 9.61. The van der Waals surface area contributed by atoms with Gasteiger partial charge in [0.2, 0.25) is 0 Å². The van der Waals surface area contributed by atoms with E-state index in [1.54, 1.807) is 0 Å². The Kier molecular flexibility index (Phi) is 5.32. The number of nitrogens with one attached hydrogen (secondary N) is 1. The van der Waals surface area contributed by atoms with E-state index in [-0.39, 0.29) is 0 Å². The molecule has 0 radical (unpaired) electrons. The highest BCUT2D eigenvalue weighted by atomic mass is 32.1. The molecule has 1 N–H and O–H groups in total. The minimum absolute atomic E-state index is 0.512. The lowest BCUT2D eigenvalue weighted by molar-refractivity contribution is 0.528. The van der Waals surface area contributed by atoms with E-state index in [1.165, 1.54) is 16.0 Å². The third kappa shape index (κ3) is 4.43. The summed E-state index contributed by atoms with van der Waals surface area (Å²) in [5.41, 5.74) is 2.73. The van der Waals surface area contributed by atoms with Crippen LogP contribution in [-0.2, 0) is 6.42 Å². The molecule has 0 fully saturated rings. The summed E-state index contributed by atoms with van der Waals surface area (Å²) in [7, 11) is 0. The molecule has 2 rings (SSSR count). The molecule has 1 unspecified atom stereocenters. The molecule has 0 saturated carbocycles. The van der Waals surface area contributed by atoms with Gasteiger partial charge < -0.3 is 5.32 Å². The van der Waals surface area contributed by atoms with Gasteiger partial charge in [0.05, 0.1) is 5.01 Å². The molecule has 0 saturated heterocycles. The molecular formula is C17H24N2S. The number of benzene rings is 1. The van der Waals surface area contributed by atoms with Crippen molar-refractivity contribution in [2.75, 3.05) is 6.54 Å². The van der Waals surface area contributed by atoms with Gasteiger partial charge >= 0.3 is 0 Å². The van der Waals surface area contributed by atoms with Crippen LogP contribution in [-0.4, -0.2) is 17.6 Å². The average Bonchev–Trinajstić information content (AvgIpc) is 2.81. The summed E-state index contributed by atoms with van der Waals surface area (Å²) in [6.07, 6.45) is 3.09. The van der Waals surface area contributed by atoms with Crippen molar-refractivity contribution < 1.29 is 0 Å².